The Kier molecular flexibility index (Phi) is 2.72. The maximum atomic E-state index is 12.0. The molecule has 2 aliphatic rings. The average molecular weight is 299 g/mol. The van der Waals surface area contributed by atoms with E-state index in [2.05, 4.69) is 0 Å². The van der Waals surface area contributed by atoms with E-state index in [1.807, 2.05) is 16.7 Å². The van der Waals surface area contributed by atoms with Gasteiger partial charge < -0.3 is 19.1 Å². The number of benzene rings is 1. The maximum absolute atomic E-state index is 12.0. The lowest BCUT2D eigenvalue weighted by atomic mass is 10.1. The van der Waals surface area contributed by atoms with E-state index >= 15 is 0 Å². The molecule has 0 amide bonds. The predicted octanol–water partition coefficient (Wildman–Crippen LogP) is 2.28. The Hall–Kier alpha value is -2.76. The van der Waals surface area contributed by atoms with Gasteiger partial charge >= 0.3 is 5.97 Å². The number of carboxylic acid groups (broad SMARTS) is 1. The van der Waals surface area contributed by atoms with Gasteiger partial charge in [0, 0.05) is 23.9 Å². The summed E-state index contributed by atoms with van der Waals surface area (Å²) in [5.41, 5.74) is 0.828. The molecule has 22 heavy (non-hydrogen) atoms. The Morgan fingerprint density at radius 3 is 2.68 bits per heavy atom. The summed E-state index contributed by atoms with van der Waals surface area (Å²) in [4.78, 5) is 23.2. The van der Waals surface area contributed by atoms with Crippen LogP contribution in [0.15, 0.2) is 35.3 Å². The third kappa shape index (κ3) is 2.04. The van der Waals surface area contributed by atoms with Gasteiger partial charge in [-0.2, -0.15) is 0 Å². The quantitative estimate of drug-likeness (QED) is 0.940. The second-order valence-corrected chi connectivity index (χ2v) is 5.45. The number of pyridine rings is 1. The molecule has 0 saturated heterocycles. The van der Waals surface area contributed by atoms with Gasteiger partial charge in [0.05, 0.1) is 5.69 Å². The lowest BCUT2D eigenvalue weighted by Crippen LogP contribution is -2.18. The van der Waals surface area contributed by atoms with E-state index in [9.17, 15) is 9.59 Å². The van der Waals surface area contributed by atoms with Crippen LogP contribution in [0.4, 0.5) is 0 Å². The Morgan fingerprint density at radius 2 is 1.95 bits per heavy atom. The van der Waals surface area contributed by atoms with E-state index in [4.69, 9.17) is 14.6 Å². The van der Waals surface area contributed by atoms with Gasteiger partial charge in [0.1, 0.15) is 5.56 Å². The fourth-order valence-corrected chi connectivity index (χ4v) is 2.65. The fraction of sp³-hybridized carbons (Fsp3) is 0.250. The van der Waals surface area contributed by atoms with Crippen LogP contribution in [0, 0.1) is 0 Å². The zero-order chi connectivity index (χ0) is 15.3. The highest BCUT2D eigenvalue weighted by Gasteiger charge is 2.27. The van der Waals surface area contributed by atoms with Crippen molar-refractivity contribution in [1.29, 1.82) is 0 Å². The van der Waals surface area contributed by atoms with Crippen LogP contribution in [-0.4, -0.2) is 22.4 Å². The Bertz CT molecular complexity index is 835. The van der Waals surface area contributed by atoms with Crippen molar-refractivity contribution in [2.45, 2.75) is 18.9 Å². The van der Waals surface area contributed by atoms with Gasteiger partial charge in [-0.05, 0) is 31.0 Å². The molecule has 0 spiro atoms. The molecule has 1 aromatic carbocycles. The van der Waals surface area contributed by atoms with E-state index in [1.165, 1.54) is 12.3 Å². The highest BCUT2D eigenvalue weighted by Crippen LogP contribution is 2.40. The van der Waals surface area contributed by atoms with Crippen molar-refractivity contribution < 1.29 is 19.4 Å². The smallest absolute Gasteiger partial charge is 0.341 e. The van der Waals surface area contributed by atoms with Crippen molar-refractivity contribution in [3.63, 3.8) is 0 Å². The number of nitrogens with zero attached hydrogens (tertiary/aromatic N) is 1. The van der Waals surface area contributed by atoms with Crippen molar-refractivity contribution in [2.24, 2.45) is 0 Å². The summed E-state index contributed by atoms with van der Waals surface area (Å²) >= 11 is 0. The first-order valence-corrected chi connectivity index (χ1v) is 7.03. The summed E-state index contributed by atoms with van der Waals surface area (Å²) in [6.45, 7) is 0.187. The van der Waals surface area contributed by atoms with E-state index in [-0.39, 0.29) is 18.4 Å². The van der Waals surface area contributed by atoms with Gasteiger partial charge in [-0.15, -0.1) is 0 Å². The molecular formula is C16H13NO5. The van der Waals surface area contributed by atoms with Gasteiger partial charge in [0.2, 0.25) is 6.79 Å². The standard InChI is InChI=1S/C16H13NO5/c18-13-6-12(9-1-4-14-15(5-9)22-8-21-14)17(10-2-3-10)7-11(13)16(19)20/h1,4-7,10H,2-3,8H2,(H,19,20). The van der Waals surface area contributed by atoms with E-state index < -0.39 is 11.4 Å². The van der Waals surface area contributed by atoms with Crippen LogP contribution >= 0.6 is 0 Å². The molecule has 2 aromatic rings. The summed E-state index contributed by atoms with van der Waals surface area (Å²) in [6.07, 6.45) is 3.42. The van der Waals surface area contributed by atoms with Crippen molar-refractivity contribution >= 4 is 5.97 Å². The average Bonchev–Trinajstić information content (AvgIpc) is 3.23. The lowest BCUT2D eigenvalue weighted by molar-refractivity contribution is 0.0694. The topological polar surface area (TPSA) is 77.8 Å². The molecule has 6 heteroatoms. The van der Waals surface area contributed by atoms with Crippen molar-refractivity contribution in [3.8, 4) is 22.8 Å². The first kappa shape index (κ1) is 12.9. The fourth-order valence-electron chi connectivity index (χ4n) is 2.65. The summed E-state index contributed by atoms with van der Waals surface area (Å²) in [7, 11) is 0. The maximum Gasteiger partial charge on any atom is 0.341 e. The number of rotatable bonds is 3. The molecule has 0 bridgehead atoms. The molecule has 6 nitrogen and oxygen atoms in total. The van der Waals surface area contributed by atoms with Crippen LogP contribution in [-0.2, 0) is 0 Å². The van der Waals surface area contributed by atoms with Crippen molar-refractivity contribution in [3.05, 3.63) is 46.2 Å². The summed E-state index contributed by atoms with van der Waals surface area (Å²) in [6, 6.07) is 7.10. The molecule has 1 aliphatic heterocycles. The van der Waals surface area contributed by atoms with Gasteiger partial charge in [-0.1, -0.05) is 0 Å². The third-order valence-corrected chi connectivity index (χ3v) is 3.92. The van der Waals surface area contributed by atoms with Crippen LogP contribution < -0.4 is 14.9 Å². The summed E-state index contributed by atoms with van der Waals surface area (Å²) in [5.74, 6) is 0.109. The zero-order valence-corrected chi connectivity index (χ0v) is 11.6. The number of carbonyl (C=O) groups is 1. The minimum Gasteiger partial charge on any atom is -0.477 e. The van der Waals surface area contributed by atoms with Crippen LogP contribution in [0.5, 0.6) is 11.5 Å². The van der Waals surface area contributed by atoms with Crippen LogP contribution in [0.2, 0.25) is 0 Å². The molecule has 1 aromatic heterocycles. The largest absolute Gasteiger partial charge is 0.477 e. The molecule has 0 unspecified atom stereocenters. The SMILES string of the molecule is O=C(O)c1cn(C2CC2)c(-c2ccc3c(c2)OCO3)cc1=O. The third-order valence-electron chi connectivity index (χ3n) is 3.92. The minimum atomic E-state index is -1.20. The molecule has 4 rings (SSSR count). The van der Waals surface area contributed by atoms with Crippen LogP contribution in [0.3, 0.4) is 0 Å². The first-order valence-electron chi connectivity index (χ1n) is 7.03. The monoisotopic (exact) mass is 299 g/mol. The van der Waals surface area contributed by atoms with Gasteiger partial charge in [-0.3, -0.25) is 4.79 Å². The molecule has 1 N–H and O–H groups in total. The molecule has 1 fully saturated rings. The molecule has 2 heterocycles. The second-order valence-electron chi connectivity index (χ2n) is 5.45. The first-order chi connectivity index (χ1) is 10.6. The van der Waals surface area contributed by atoms with Gasteiger partial charge in [0.15, 0.2) is 16.9 Å². The zero-order valence-electron chi connectivity index (χ0n) is 11.6. The lowest BCUT2D eigenvalue weighted by Gasteiger charge is -2.14. The number of aromatic nitrogens is 1. The Labute approximate surface area is 125 Å². The summed E-state index contributed by atoms with van der Waals surface area (Å²) in [5, 5.41) is 9.13. The number of carboxylic acids is 1. The minimum absolute atomic E-state index is 0.187. The molecule has 1 saturated carbocycles. The number of fused-ring (bicyclic) bond motifs is 1. The predicted molar refractivity (Wildman–Crippen MR) is 77.5 cm³/mol. The molecular weight excluding hydrogens is 286 g/mol. The molecule has 1 aliphatic carbocycles. The van der Waals surface area contributed by atoms with Gasteiger partial charge in [-0.25, -0.2) is 4.79 Å². The van der Waals surface area contributed by atoms with E-state index in [1.54, 1.807) is 6.07 Å². The number of ether oxygens (including phenoxy) is 2. The van der Waals surface area contributed by atoms with E-state index in [0.29, 0.717) is 17.2 Å². The highest BCUT2D eigenvalue weighted by molar-refractivity contribution is 5.87. The number of hydrogen-bond donors (Lipinski definition) is 1. The Balaban J connectivity index is 1.89. The second kappa shape index (κ2) is 4.62. The van der Waals surface area contributed by atoms with Crippen molar-refractivity contribution in [1.82, 2.24) is 4.57 Å². The normalized spacial score (nSPS) is 15.8. The van der Waals surface area contributed by atoms with Crippen molar-refractivity contribution in [2.75, 3.05) is 6.79 Å². The molecule has 112 valence electrons. The van der Waals surface area contributed by atoms with E-state index in [0.717, 1.165) is 18.4 Å². The summed E-state index contributed by atoms with van der Waals surface area (Å²) < 4.78 is 12.5. The van der Waals surface area contributed by atoms with Gasteiger partial charge in [0.25, 0.3) is 0 Å². The van der Waals surface area contributed by atoms with Crippen LogP contribution in [0.25, 0.3) is 11.3 Å². The molecule has 0 atom stereocenters. The Morgan fingerprint density at radius 1 is 1.18 bits per heavy atom. The number of hydrogen-bond acceptors (Lipinski definition) is 4. The highest BCUT2D eigenvalue weighted by atomic mass is 16.7. The number of aromatic carboxylic acids is 1. The van der Waals surface area contributed by atoms with Crippen LogP contribution in [0.1, 0.15) is 29.2 Å². The molecule has 0 radical (unpaired) electrons.